The van der Waals surface area contributed by atoms with Crippen LogP contribution in [0.15, 0.2) is 0 Å². The number of hydrogen-bond acceptors (Lipinski definition) is 6. The Kier molecular flexibility index (Phi) is 10.7. The molecule has 0 aliphatic heterocycles. The molecule has 7 heteroatoms. The first-order chi connectivity index (χ1) is 5.54. The molecular weight excluding hydrogens is 207 g/mol. The Bertz CT molecular complexity index is 143. The van der Waals surface area contributed by atoms with Crippen molar-refractivity contribution < 1.29 is 30.3 Å². The topological polar surface area (TPSA) is 118 Å². The SMILES string of the molecule is O=C[C@H](O)[C@@H](O)[C@@H](O)[C@H](O)CO.[KH]. The van der Waals surface area contributed by atoms with Gasteiger partial charge in [-0.2, -0.15) is 0 Å². The summed E-state index contributed by atoms with van der Waals surface area (Å²) < 4.78 is 0. The molecule has 0 bridgehead atoms. The van der Waals surface area contributed by atoms with Crippen LogP contribution in [0.5, 0.6) is 0 Å². The van der Waals surface area contributed by atoms with Crippen molar-refractivity contribution >= 4 is 57.7 Å². The summed E-state index contributed by atoms with van der Waals surface area (Å²) in [7, 11) is 0. The van der Waals surface area contributed by atoms with Gasteiger partial charge in [-0.1, -0.05) is 0 Å². The van der Waals surface area contributed by atoms with E-state index in [-0.39, 0.29) is 57.7 Å². The van der Waals surface area contributed by atoms with E-state index in [1.807, 2.05) is 0 Å². The third kappa shape index (κ3) is 5.52. The molecule has 0 saturated carbocycles. The second kappa shape index (κ2) is 8.42. The predicted molar refractivity (Wildman–Crippen MR) is 44.3 cm³/mol. The van der Waals surface area contributed by atoms with Gasteiger partial charge in [0, 0.05) is 0 Å². The van der Waals surface area contributed by atoms with Crippen molar-refractivity contribution in [2.24, 2.45) is 0 Å². The van der Waals surface area contributed by atoms with E-state index in [2.05, 4.69) is 0 Å². The predicted octanol–water partition coefficient (Wildman–Crippen LogP) is -4.03. The van der Waals surface area contributed by atoms with E-state index >= 15 is 0 Å². The summed E-state index contributed by atoms with van der Waals surface area (Å²) in [4.78, 5) is 9.90. The molecule has 0 aromatic heterocycles. The first-order valence-corrected chi connectivity index (χ1v) is 3.33. The van der Waals surface area contributed by atoms with Gasteiger partial charge < -0.3 is 30.3 Å². The van der Waals surface area contributed by atoms with Crippen LogP contribution in [0.3, 0.4) is 0 Å². The fourth-order valence-electron chi connectivity index (χ4n) is 0.618. The zero-order valence-electron chi connectivity index (χ0n) is 6.24. The molecule has 0 fully saturated rings. The molecule has 0 saturated heterocycles. The standard InChI is InChI=1S/C6H12O6.K.H/c7-1-3(9)5(11)6(12)4(10)2-8;;/h1,3-6,8-12H,2H2;;/t3-,4+,5+,6-;;/m0../s1. The summed E-state index contributed by atoms with van der Waals surface area (Å²) in [5.41, 5.74) is 0. The number of aldehydes is 1. The molecule has 0 aliphatic rings. The number of aliphatic hydroxyl groups excluding tert-OH is 5. The second-order valence-corrected chi connectivity index (χ2v) is 2.36. The molecule has 0 rings (SSSR count). The molecule has 0 aliphatic carbocycles. The van der Waals surface area contributed by atoms with Crippen LogP contribution in [0.25, 0.3) is 0 Å². The fraction of sp³-hybridized carbons (Fsp3) is 0.833. The van der Waals surface area contributed by atoms with Crippen LogP contribution in [-0.2, 0) is 4.79 Å². The molecule has 5 N–H and O–H groups in total. The first-order valence-electron chi connectivity index (χ1n) is 3.33. The molecule has 0 amide bonds. The quantitative estimate of drug-likeness (QED) is 0.238. The van der Waals surface area contributed by atoms with Gasteiger partial charge in [0.05, 0.1) is 6.61 Å². The molecule has 0 aromatic rings. The maximum absolute atomic E-state index is 9.90. The van der Waals surface area contributed by atoms with Crippen LogP contribution in [0.1, 0.15) is 0 Å². The van der Waals surface area contributed by atoms with Crippen molar-refractivity contribution in [2.75, 3.05) is 6.61 Å². The van der Waals surface area contributed by atoms with Crippen LogP contribution < -0.4 is 0 Å². The van der Waals surface area contributed by atoms with E-state index in [0.29, 0.717) is 0 Å². The van der Waals surface area contributed by atoms with E-state index in [1.165, 1.54) is 0 Å². The third-order valence-electron chi connectivity index (χ3n) is 1.42. The van der Waals surface area contributed by atoms with Gasteiger partial charge in [0.25, 0.3) is 0 Å². The molecule has 4 atom stereocenters. The van der Waals surface area contributed by atoms with Crippen LogP contribution in [0, 0.1) is 0 Å². The van der Waals surface area contributed by atoms with Crippen LogP contribution in [-0.4, -0.2) is 114 Å². The number of rotatable bonds is 5. The van der Waals surface area contributed by atoms with Gasteiger partial charge in [-0.15, -0.1) is 0 Å². The zero-order chi connectivity index (χ0) is 9.72. The van der Waals surface area contributed by atoms with Gasteiger partial charge in [-0.05, 0) is 0 Å². The van der Waals surface area contributed by atoms with Crippen molar-refractivity contribution in [1.82, 2.24) is 0 Å². The van der Waals surface area contributed by atoms with Crippen molar-refractivity contribution in [3.63, 3.8) is 0 Å². The van der Waals surface area contributed by atoms with Crippen molar-refractivity contribution in [3.8, 4) is 0 Å². The summed E-state index contributed by atoms with van der Waals surface area (Å²) in [6.07, 6.45) is -6.84. The molecule has 0 aromatic carbocycles. The molecule has 74 valence electrons. The Hall–Kier alpha value is 1.11. The third-order valence-corrected chi connectivity index (χ3v) is 1.42. The Morgan fingerprint density at radius 2 is 1.54 bits per heavy atom. The van der Waals surface area contributed by atoms with Crippen molar-refractivity contribution in [2.45, 2.75) is 24.4 Å². The molecule has 0 heterocycles. The molecule has 0 radical (unpaired) electrons. The Labute approximate surface area is 118 Å². The normalized spacial score (nSPS) is 19.5. The van der Waals surface area contributed by atoms with Gasteiger partial charge in [0.2, 0.25) is 0 Å². The number of aliphatic hydroxyl groups is 5. The van der Waals surface area contributed by atoms with Crippen molar-refractivity contribution in [3.05, 3.63) is 0 Å². The van der Waals surface area contributed by atoms with Gasteiger partial charge in [0.15, 0.2) is 6.29 Å². The summed E-state index contributed by atoms with van der Waals surface area (Å²) >= 11 is 0. The average Bonchev–Trinajstić information content (AvgIpc) is 2.12. The molecule has 6 nitrogen and oxygen atoms in total. The monoisotopic (exact) mass is 220 g/mol. The number of carbonyl (C=O) groups is 1. The van der Waals surface area contributed by atoms with E-state index in [1.54, 1.807) is 0 Å². The van der Waals surface area contributed by atoms with E-state index in [9.17, 15) is 4.79 Å². The van der Waals surface area contributed by atoms with E-state index in [4.69, 9.17) is 25.5 Å². The second-order valence-electron chi connectivity index (χ2n) is 2.36. The van der Waals surface area contributed by atoms with Crippen molar-refractivity contribution in [1.29, 1.82) is 0 Å². The Morgan fingerprint density at radius 3 is 1.85 bits per heavy atom. The minimum absolute atomic E-state index is 0. The number of hydrogen-bond donors (Lipinski definition) is 5. The minimum atomic E-state index is -1.79. The van der Waals surface area contributed by atoms with Crippen LogP contribution in [0.4, 0.5) is 0 Å². The summed E-state index contributed by atoms with van der Waals surface area (Å²) in [6.45, 7) is -0.760. The molecule has 13 heavy (non-hydrogen) atoms. The maximum atomic E-state index is 9.90. The zero-order valence-corrected chi connectivity index (χ0v) is 6.24. The van der Waals surface area contributed by atoms with E-state index < -0.39 is 31.0 Å². The summed E-state index contributed by atoms with van der Waals surface area (Å²) in [6, 6.07) is 0. The molecule has 0 spiro atoms. The number of carbonyl (C=O) groups excluding carboxylic acids is 1. The fourth-order valence-corrected chi connectivity index (χ4v) is 0.618. The van der Waals surface area contributed by atoms with Gasteiger partial charge in [-0.25, -0.2) is 0 Å². The average molecular weight is 220 g/mol. The molecule has 0 unspecified atom stereocenters. The van der Waals surface area contributed by atoms with Gasteiger partial charge in [-0.3, -0.25) is 0 Å². The Balaban J connectivity index is 0. The van der Waals surface area contributed by atoms with Gasteiger partial charge >= 0.3 is 51.4 Å². The summed E-state index contributed by atoms with van der Waals surface area (Å²) in [5.74, 6) is 0. The Morgan fingerprint density at radius 1 is 1.08 bits per heavy atom. The van der Waals surface area contributed by atoms with Gasteiger partial charge in [0.1, 0.15) is 24.4 Å². The van der Waals surface area contributed by atoms with Crippen LogP contribution >= 0.6 is 0 Å². The van der Waals surface area contributed by atoms with Crippen LogP contribution in [0.2, 0.25) is 0 Å². The summed E-state index contributed by atoms with van der Waals surface area (Å²) in [5, 5.41) is 43.5. The first kappa shape index (κ1) is 16.5. The molecular formula is C6H13KO6. The van der Waals surface area contributed by atoms with E-state index in [0.717, 1.165) is 0 Å².